The molecule has 110 valence electrons. The Bertz CT molecular complexity index is 1020. The van der Waals surface area contributed by atoms with Crippen LogP contribution in [0.2, 0.25) is 0 Å². The minimum atomic E-state index is 0.0349. The number of hydrogen-bond acceptors (Lipinski definition) is 4. The highest BCUT2D eigenvalue weighted by molar-refractivity contribution is 7.71. The summed E-state index contributed by atoms with van der Waals surface area (Å²) in [5, 5.41) is 11.9. The Morgan fingerprint density at radius 1 is 1.32 bits per heavy atom. The maximum absolute atomic E-state index is 9.99. The fourth-order valence-electron chi connectivity index (χ4n) is 2.81. The van der Waals surface area contributed by atoms with E-state index in [-0.39, 0.29) is 10.7 Å². The number of nitrogens with zero attached hydrogens (tertiary/aromatic N) is 2. The van der Waals surface area contributed by atoms with Gasteiger partial charge < -0.3 is 9.52 Å². The van der Waals surface area contributed by atoms with Crippen LogP contribution in [0.5, 0.6) is 5.88 Å². The zero-order valence-electron chi connectivity index (χ0n) is 12.0. The van der Waals surface area contributed by atoms with E-state index in [9.17, 15) is 5.11 Å². The van der Waals surface area contributed by atoms with E-state index in [1.54, 1.807) is 13.1 Å². The van der Waals surface area contributed by atoms with Gasteiger partial charge in [0.15, 0.2) is 5.76 Å². The van der Waals surface area contributed by atoms with Crippen molar-refractivity contribution in [2.45, 2.75) is 12.8 Å². The maximum Gasteiger partial charge on any atom is 0.271 e. The predicted octanol–water partition coefficient (Wildman–Crippen LogP) is 2.58. The zero-order chi connectivity index (χ0) is 15.3. The highest BCUT2D eigenvalue weighted by Gasteiger charge is 2.17. The van der Waals surface area contributed by atoms with Crippen LogP contribution in [0.15, 0.2) is 45.5 Å². The zero-order valence-corrected chi connectivity index (χ0v) is 12.9. The van der Waals surface area contributed by atoms with Crippen LogP contribution in [0.1, 0.15) is 24.2 Å². The number of benzene rings is 1. The smallest absolute Gasteiger partial charge is 0.271 e. The molecule has 2 heterocycles. The molecule has 0 unspecified atom stereocenters. The van der Waals surface area contributed by atoms with Crippen LogP contribution in [0.3, 0.4) is 0 Å². The van der Waals surface area contributed by atoms with Crippen LogP contribution >= 0.6 is 12.2 Å². The van der Waals surface area contributed by atoms with E-state index in [0.29, 0.717) is 5.76 Å². The molecule has 1 aromatic heterocycles. The molecule has 0 amide bonds. The lowest BCUT2D eigenvalue weighted by Crippen LogP contribution is -2.10. The third-order valence-electron chi connectivity index (χ3n) is 3.99. The normalized spacial score (nSPS) is 16.7. The lowest BCUT2D eigenvalue weighted by Gasteiger charge is -2.06. The lowest BCUT2D eigenvalue weighted by molar-refractivity contribution is 0.428. The van der Waals surface area contributed by atoms with Crippen molar-refractivity contribution in [2.24, 2.45) is 12.0 Å². The summed E-state index contributed by atoms with van der Waals surface area (Å²) in [7, 11) is 1.67. The van der Waals surface area contributed by atoms with Gasteiger partial charge in [-0.15, -0.1) is 0 Å². The largest absolute Gasteiger partial charge is 0.492 e. The first-order valence-corrected chi connectivity index (χ1v) is 7.55. The Kier molecular flexibility index (Phi) is 2.90. The summed E-state index contributed by atoms with van der Waals surface area (Å²) in [6.07, 6.45) is 8.31. The van der Waals surface area contributed by atoms with Gasteiger partial charge in [0.25, 0.3) is 4.84 Å². The highest BCUT2D eigenvalue weighted by atomic mass is 32.1. The first-order chi connectivity index (χ1) is 10.6. The van der Waals surface area contributed by atoms with Gasteiger partial charge in [-0.1, -0.05) is 18.2 Å². The van der Waals surface area contributed by atoms with Gasteiger partial charge in [-0.25, -0.2) is 4.99 Å². The van der Waals surface area contributed by atoms with Crippen molar-refractivity contribution in [3.63, 3.8) is 0 Å². The lowest BCUT2D eigenvalue weighted by atomic mass is 9.98. The Labute approximate surface area is 132 Å². The first-order valence-electron chi connectivity index (χ1n) is 7.14. The van der Waals surface area contributed by atoms with Gasteiger partial charge in [-0.2, -0.15) is 0 Å². The predicted molar refractivity (Wildman–Crippen MR) is 86.3 cm³/mol. The average Bonchev–Trinajstić information content (AvgIpc) is 3.01. The van der Waals surface area contributed by atoms with E-state index >= 15 is 0 Å². The molecule has 1 aliphatic heterocycles. The van der Waals surface area contributed by atoms with Crippen LogP contribution in [-0.4, -0.2) is 9.67 Å². The molecule has 22 heavy (non-hydrogen) atoms. The van der Waals surface area contributed by atoms with Gasteiger partial charge >= 0.3 is 0 Å². The quantitative estimate of drug-likeness (QED) is 0.824. The van der Waals surface area contributed by atoms with Crippen molar-refractivity contribution in [1.82, 2.24) is 4.57 Å². The molecule has 0 fully saturated rings. The van der Waals surface area contributed by atoms with E-state index < -0.39 is 0 Å². The minimum Gasteiger partial charge on any atom is -0.492 e. The molecule has 0 saturated heterocycles. The number of fused-ring (bicyclic) bond motifs is 3. The van der Waals surface area contributed by atoms with E-state index in [1.807, 2.05) is 12.1 Å². The number of aromatic hydroxyl groups is 1. The maximum atomic E-state index is 9.99. The summed E-state index contributed by atoms with van der Waals surface area (Å²) in [5.41, 5.74) is 3.40. The summed E-state index contributed by atoms with van der Waals surface area (Å²) in [6, 6.07) is 6.03. The van der Waals surface area contributed by atoms with Gasteiger partial charge in [-0.3, -0.25) is 4.57 Å². The Balaban J connectivity index is 1.88. The van der Waals surface area contributed by atoms with Crippen molar-refractivity contribution >= 4 is 23.9 Å². The second-order valence-corrected chi connectivity index (χ2v) is 5.78. The fourth-order valence-corrected chi connectivity index (χ4v) is 2.98. The van der Waals surface area contributed by atoms with Gasteiger partial charge in [0.2, 0.25) is 5.88 Å². The number of allylic oxidation sites excluding steroid dienone is 3. The molecule has 1 aliphatic carbocycles. The molecule has 0 saturated carbocycles. The van der Waals surface area contributed by atoms with Gasteiger partial charge in [0, 0.05) is 18.2 Å². The summed E-state index contributed by atoms with van der Waals surface area (Å²) in [6.45, 7) is 0. The van der Waals surface area contributed by atoms with Gasteiger partial charge in [0.05, 0.1) is 11.1 Å². The minimum absolute atomic E-state index is 0.0349. The number of hydrogen-bond donors (Lipinski definition) is 1. The third kappa shape index (κ3) is 1.97. The molecule has 1 aromatic carbocycles. The van der Waals surface area contributed by atoms with E-state index in [4.69, 9.17) is 16.6 Å². The van der Waals surface area contributed by atoms with Crippen LogP contribution in [-0.2, 0) is 7.05 Å². The summed E-state index contributed by atoms with van der Waals surface area (Å²) in [5.74, 6) is 0.406. The van der Waals surface area contributed by atoms with Crippen LogP contribution in [0.4, 0.5) is 0 Å². The van der Waals surface area contributed by atoms with Gasteiger partial charge in [-0.05, 0) is 48.5 Å². The van der Waals surface area contributed by atoms with Crippen molar-refractivity contribution < 1.29 is 9.52 Å². The monoisotopic (exact) mass is 310 g/mol. The summed E-state index contributed by atoms with van der Waals surface area (Å²) < 4.78 is 6.84. The molecule has 2 aromatic rings. The van der Waals surface area contributed by atoms with E-state index in [1.165, 1.54) is 10.1 Å². The highest BCUT2D eigenvalue weighted by Crippen LogP contribution is 2.30. The molecule has 4 nitrogen and oxygen atoms in total. The fraction of sp³-hybridized carbons (Fsp3) is 0.176. The Hall–Kier alpha value is -2.40. The molecule has 1 N–H and O–H groups in total. The van der Waals surface area contributed by atoms with Crippen LogP contribution < -0.4 is 10.6 Å². The SMILES string of the molecule is Cn1c(O)c(C=c2ccc3c(c2)C2=CCCC=C2N=3)oc1=S. The van der Waals surface area contributed by atoms with Crippen molar-refractivity contribution in [1.29, 1.82) is 0 Å². The Morgan fingerprint density at radius 3 is 2.91 bits per heavy atom. The molecule has 2 aliphatic rings. The molecule has 5 heteroatoms. The topological polar surface area (TPSA) is 50.7 Å². The molecule has 4 rings (SSSR count). The van der Waals surface area contributed by atoms with Crippen molar-refractivity contribution in [2.75, 3.05) is 0 Å². The number of aromatic nitrogens is 1. The summed E-state index contributed by atoms with van der Waals surface area (Å²) >= 11 is 5.02. The van der Waals surface area contributed by atoms with Crippen molar-refractivity contribution in [3.8, 4) is 5.88 Å². The molecule has 0 atom stereocenters. The van der Waals surface area contributed by atoms with Crippen LogP contribution in [0.25, 0.3) is 11.6 Å². The first kappa shape index (κ1) is 13.3. The number of oxazole rings is 1. The second kappa shape index (κ2) is 4.81. The third-order valence-corrected chi connectivity index (χ3v) is 4.34. The Morgan fingerprint density at radius 2 is 2.14 bits per heavy atom. The van der Waals surface area contributed by atoms with E-state index in [2.05, 4.69) is 23.2 Å². The van der Waals surface area contributed by atoms with Crippen LogP contribution in [0, 0.1) is 4.84 Å². The standard InChI is InChI=1S/C17H14N2O2S/c1-19-16(20)15(21-17(19)22)9-10-6-7-14-12(8-10)11-4-2-3-5-13(11)18-14/h4-9,20H,2-3H2,1H3. The molecule has 0 radical (unpaired) electrons. The molecular formula is C17H14N2O2S. The second-order valence-electron chi connectivity index (χ2n) is 5.43. The van der Waals surface area contributed by atoms with Gasteiger partial charge in [0.1, 0.15) is 0 Å². The number of rotatable bonds is 1. The van der Waals surface area contributed by atoms with Crippen molar-refractivity contribution in [3.05, 3.63) is 62.8 Å². The molecule has 0 bridgehead atoms. The molecule has 0 spiro atoms. The summed E-state index contributed by atoms with van der Waals surface area (Å²) in [4.78, 5) is 4.89. The average molecular weight is 310 g/mol. The van der Waals surface area contributed by atoms with E-state index in [0.717, 1.165) is 34.7 Å². The molecular weight excluding hydrogens is 296 g/mol.